The Balaban J connectivity index is 1.59. The minimum Gasteiger partial charge on any atom is -0.502 e. The number of morpholine rings is 1. The molecule has 7 rings (SSSR count). The van der Waals surface area contributed by atoms with E-state index >= 15 is 4.39 Å². The first-order valence-corrected chi connectivity index (χ1v) is 12.6. The summed E-state index contributed by atoms with van der Waals surface area (Å²) in [4.78, 5) is 28.2. The molecule has 1 N–H and O–H groups in total. The molecule has 2 aromatic heterocycles. The second-order valence-corrected chi connectivity index (χ2v) is 10.1. The zero-order chi connectivity index (χ0) is 25.4. The van der Waals surface area contributed by atoms with Gasteiger partial charge in [0.1, 0.15) is 6.17 Å². The van der Waals surface area contributed by atoms with Crippen LogP contribution in [0.15, 0.2) is 64.9 Å². The lowest BCUT2D eigenvalue weighted by molar-refractivity contribution is -0.0196. The van der Waals surface area contributed by atoms with Crippen LogP contribution in [0.25, 0.3) is 21.6 Å². The number of rotatable bonds is 1. The number of nitrogens with zero attached hydrogens (tertiary/aromatic N) is 3. The van der Waals surface area contributed by atoms with E-state index < -0.39 is 40.9 Å². The Morgan fingerprint density at radius 3 is 2.70 bits per heavy atom. The lowest BCUT2D eigenvalue weighted by atomic mass is 9.92. The highest BCUT2D eigenvalue weighted by molar-refractivity contribution is 7.14. The van der Waals surface area contributed by atoms with Crippen molar-refractivity contribution in [3.63, 3.8) is 0 Å². The Labute approximate surface area is 213 Å². The predicted octanol–water partition coefficient (Wildman–Crippen LogP) is 4.08. The molecule has 2 aliphatic heterocycles. The quantitative estimate of drug-likeness (QED) is 0.410. The zero-order valence-corrected chi connectivity index (χ0v) is 20.0. The third-order valence-electron chi connectivity index (χ3n) is 7.30. The summed E-state index contributed by atoms with van der Waals surface area (Å²) in [5.74, 6) is -3.07. The van der Waals surface area contributed by atoms with E-state index in [1.807, 2.05) is 34.7 Å². The number of thiophene rings is 1. The largest absolute Gasteiger partial charge is 0.502 e. The topological polar surface area (TPSA) is 75.0 Å². The molecule has 3 aliphatic rings. The number of ether oxygens (including phenoxy) is 1. The summed E-state index contributed by atoms with van der Waals surface area (Å²) in [6.45, 7) is 0.690. The molecule has 0 spiro atoms. The predicted molar refractivity (Wildman–Crippen MR) is 133 cm³/mol. The molecule has 1 aliphatic carbocycles. The molecule has 10 heteroatoms. The molecule has 186 valence electrons. The Morgan fingerprint density at radius 1 is 1.00 bits per heavy atom. The van der Waals surface area contributed by atoms with Crippen LogP contribution in [0.4, 0.5) is 8.78 Å². The fraction of sp³-hybridized carbons (Fsp3) is 0.185. The Morgan fingerprint density at radius 2 is 1.84 bits per heavy atom. The zero-order valence-electron chi connectivity index (χ0n) is 19.2. The van der Waals surface area contributed by atoms with Crippen LogP contribution in [-0.2, 0) is 4.74 Å². The maximum Gasteiger partial charge on any atom is 0.278 e. The van der Waals surface area contributed by atoms with Crippen LogP contribution in [0.5, 0.6) is 5.75 Å². The number of amides is 1. The molecular formula is C27H19F2N3O4S. The van der Waals surface area contributed by atoms with E-state index in [0.717, 1.165) is 22.1 Å². The van der Waals surface area contributed by atoms with Crippen LogP contribution < -0.4 is 10.4 Å². The van der Waals surface area contributed by atoms with Gasteiger partial charge >= 0.3 is 0 Å². The second kappa shape index (κ2) is 7.99. The third kappa shape index (κ3) is 2.99. The molecule has 1 fully saturated rings. The van der Waals surface area contributed by atoms with Crippen molar-refractivity contribution in [2.24, 2.45) is 0 Å². The van der Waals surface area contributed by atoms with Crippen molar-refractivity contribution in [1.29, 1.82) is 0 Å². The van der Waals surface area contributed by atoms with E-state index in [4.69, 9.17) is 4.74 Å². The number of aromatic hydroxyl groups is 1. The fourth-order valence-electron chi connectivity index (χ4n) is 5.71. The average molecular weight is 520 g/mol. The number of carbonyl (C=O) groups excluding carboxylic acids is 1. The molecule has 4 aromatic rings. The smallest absolute Gasteiger partial charge is 0.278 e. The Kier molecular flexibility index (Phi) is 4.79. The van der Waals surface area contributed by atoms with E-state index in [-0.39, 0.29) is 24.4 Å². The highest BCUT2D eigenvalue weighted by Gasteiger charge is 2.46. The van der Waals surface area contributed by atoms with Gasteiger partial charge in [0.25, 0.3) is 5.91 Å². The van der Waals surface area contributed by atoms with E-state index in [1.165, 1.54) is 28.3 Å². The summed E-state index contributed by atoms with van der Waals surface area (Å²) in [6.07, 6.45) is 0.801. The molecule has 1 amide bonds. The van der Waals surface area contributed by atoms with Crippen LogP contribution in [0.2, 0.25) is 0 Å². The molecule has 0 saturated carbocycles. The normalized spacial score (nSPS) is 19.9. The van der Waals surface area contributed by atoms with Crippen LogP contribution in [0.3, 0.4) is 0 Å². The molecule has 7 nitrogen and oxygen atoms in total. The first-order valence-electron chi connectivity index (χ1n) is 11.7. The summed E-state index contributed by atoms with van der Waals surface area (Å²) in [5, 5.41) is 14.4. The first-order chi connectivity index (χ1) is 18.0. The van der Waals surface area contributed by atoms with Gasteiger partial charge in [-0.2, -0.15) is 0 Å². The van der Waals surface area contributed by atoms with Crippen LogP contribution in [0.1, 0.15) is 27.7 Å². The molecule has 2 atom stereocenters. The molecule has 37 heavy (non-hydrogen) atoms. The van der Waals surface area contributed by atoms with Crippen LogP contribution >= 0.6 is 11.3 Å². The van der Waals surface area contributed by atoms with Gasteiger partial charge in [-0.1, -0.05) is 30.3 Å². The summed E-state index contributed by atoms with van der Waals surface area (Å²) in [7, 11) is 0. The summed E-state index contributed by atoms with van der Waals surface area (Å²) < 4.78 is 37.5. The molecule has 1 saturated heterocycles. The highest BCUT2D eigenvalue weighted by Crippen LogP contribution is 2.50. The minimum absolute atomic E-state index is 0.143. The number of carbonyl (C=O) groups is 1. The van der Waals surface area contributed by atoms with Gasteiger partial charge in [0.15, 0.2) is 23.1 Å². The fourth-order valence-corrected chi connectivity index (χ4v) is 6.66. The summed E-state index contributed by atoms with van der Waals surface area (Å²) in [5.41, 5.74) is 2.02. The van der Waals surface area contributed by atoms with Gasteiger partial charge in [-0.05, 0) is 34.2 Å². The van der Waals surface area contributed by atoms with Gasteiger partial charge in [0.2, 0.25) is 5.43 Å². The van der Waals surface area contributed by atoms with Crippen molar-refractivity contribution < 1.29 is 23.4 Å². The molecule has 2 aromatic carbocycles. The monoisotopic (exact) mass is 519 g/mol. The van der Waals surface area contributed by atoms with Crippen LogP contribution in [0, 0.1) is 11.6 Å². The maximum absolute atomic E-state index is 15.6. The van der Waals surface area contributed by atoms with Crippen molar-refractivity contribution in [3.05, 3.63) is 98.8 Å². The molecular weight excluding hydrogens is 500 g/mol. The van der Waals surface area contributed by atoms with Crippen molar-refractivity contribution in [1.82, 2.24) is 9.58 Å². The van der Waals surface area contributed by atoms with Gasteiger partial charge in [-0.25, -0.2) is 8.78 Å². The van der Waals surface area contributed by atoms with Crippen molar-refractivity contribution in [2.45, 2.75) is 12.2 Å². The number of hydrogen-bond donors (Lipinski definition) is 1. The van der Waals surface area contributed by atoms with Gasteiger partial charge in [0.05, 0.1) is 19.3 Å². The Bertz CT molecular complexity index is 1670. The lowest BCUT2D eigenvalue weighted by Crippen LogP contribution is -2.66. The van der Waals surface area contributed by atoms with E-state index in [0.29, 0.717) is 17.7 Å². The lowest BCUT2D eigenvalue weighted by Gasteiger charge is -2.51. The molecule has 0 radical (unpaired) electrons. The molecule has 1 unspecified atom stereocenters. The number of hydrogen-bond acceptors (Lipinski definition) is 6. The SMILES string of the molecule is O=C1c2c(O)c(=O)ccn2N([C@@H]2c3ccccc3-c3sccc3-c3c2ccc(F)c3F)C2COCCN12. The minimum atomic E-state index is -0.959. The molecule has 4 heterocycles. The number of halogens is 2. The van der Waals surface area contributed by atoms with Crippen molar-refractivity contribution in [2.75, 3.05) is 24.8 Å². The van der Waals surface area contributed by atoms with E-state index in [9.17, 15) is 19.1 Å². The Hall–Kier alpha value is -4.02. The van der Waals surface area contributed by atoms with Crippen molar-refractivity contribution >= 4 is 17.2 Å². The maximum atomic E-state index is 15.6. The number of pyridine rings is 1. The highest BCUT2D eigenvalue weighted by atomic mass is 32.1. The second-order valence-electron chi connectivity index (χ2n) is 9.13. The first kappa shape index (κ1) is 22.2. The van der Waals surface area contributed by atoms with E-state index in [1.54, 1.807) is 17.0 Å². The number of aromatic nitrogens is 1. The standard InChI is InChI=1S/C27H19F2N3O4S/c28-18-6-5-16-21(22(18)29)17-8-12-37-26(17)15-4-2-1-3-14(15)23(16)32-20-13-36-11-10-30(20)27(35)24-25(34)19(33)7-9-31(24)32/h1-9,12,20,23,34H,10-11,13H2/t20?,23-/m1/s1. The third-order valence-corrected chi connectivity index (χ3v) is 8.24. The van der Waals surface area contributed by atoms with Gasteiger partial charge in [-0.15, -0.1) is 11.3 Å². The van der Waals surface area contributed by atoms with Gasteiger partial charge in [-0.3, -0.25) is 19.3 Å². The van der Waals surface area contributed by atoms with Crippen LogP contribution in [-0.4, -0.2) is 46.5 Å². The van der Waals surface area contributed by atoms with Gasteiger partial charge in [0, 0.05) is 34.8 Å². The van der Waals surface area contributed by atoms with Gasteiger partial charge < -0.3 is 14.7 Å². The number of fused-ring (bicyclic) bond motifs is 7. The molecule has 0 bridgehead atoms. The van der Waals surface area contributed by atoms with E-state index in [2.05, 4.69) is 0 Å². The number of benzene rings is 2. The summed E-state index contributed by atoms with van der Waals surface area (Å²) in [6, 6.07) is 12.5. The van der Waals surface area contributed by atoms with Crippen molar-refractivity contribution in [3.8, 4) is 27.3 Å². The average Bonchev–Trinajstić information content (AvgIpc) is 3.35. The summed E-state index contributed by atoms with van der Waals surface area (Å²) >= 11 is 1.44.